The SMILES string of the molecule is COC(=O)NC(C(=O)N1CCC[C@H]1c1ncc(-c2ccc(B3OC(C)(C)C(C)(C)O3)c(C)c2)[nH]1)C(C)C. The van der Waals surface area contributed by atoms with E-state index in [9.17, 15) is 9.59 Å². The Morgan fingerprint density at radius 2 is 1.89 bits per heavy atom. The van der Waals surface area contributed by atoms with Crippen molar-refractivity contribution in [1.82, 2.24) is 20.2 Å². The van der Waals surface area contributed by atoms with Crippen molar-refractivity contribution in [3.05, 3.63) is 35.8 Å². The lowest BCUT2D eigenvalue weighted by molar-refractivity contribution is -0.135. The lowest BCUT2D eigenvalue weighted by Gasteiger charge is -2.32. The summed E-state index contributed by atoms with van der Waals surface area (Å²) in [5.74, 6) is 0.544. The van der Waals surface area contributed by atoms with Crippen LogP contribution in [0.4, 0.5) is 4.79 Å². The molecule has 9 nitrogen and oxygen atoms in total. The quantitative estimate of drug-likeness (QED) is 0.574. The molecule has 2 atom stereocenters. The second kappa shape index (κ2) is 10.1. The monoisotopic (exact) mass is 510 g/mol. The Hall–Kier alpha value is -2.85. The molecule has 1 aromatic heterocycles. The summed E-state index contributed by atoms with van der Waals surface area (Å²) in [6, 6.07) is 5.35. The van der Waals surface area contributed by atoms with E-state index in [0.717, 1.165) is 40.9 Å². The molecule has 2 N–H and O–H groups in total. The minimum atomic E-state index is -0.660. The largest absolute Gasteiger partial charge is 0.495 e. The molecule has 0 saturated carbocycles. The van der Waals surface area contributed by atoms with Crippen molar-refractivity contribution in [2.45, 2.75) is 84.6 Å². The first-order valence-electron chi connectivity index (χ1n) is 13.0. The van der Waals surface area contributed by atoms with Gasteiger partial charge in [0.25, 0.3) is 0 Å². The van der Waals surface area contributed by atoms with E-state index in [0.29, 0.717) is 6.54 Å². The highest BCUT2D eigenvalue weighted by Gasteiger charge is 2.52. The number of hydrogen-bond donors (Lipinski definition) is 2. The van der Waals surface area contributed by atoms with E-state index in [1.165, 1.54) is 7.11 Å². The summed E-state index contributed by atoms with van der Waals surface area (Å²) >= 11 is 0. The van der Waals surface area contributed by atoms with Gasteiger partial charge in [0, 0.05) is 6.54 Å². The maximum atomic E-state index is 13.4. The molecule has 2 aliphatic rings. The number of imidazole rings is 1. The van der Waals surface area contributed by atoms with Gasteiger partial charge >= 0.3 is 13.2 Å². The molecule has 2 aromatic rings. The van der Waals surface area contributed by atoms with Gasteiger partial charge in [0.1, 0.15) is 11.9 Å². The molecule has 3 heterocycles. The van der Waals surface area contributed by atoms with Crippen LogP contribution in [0.1, 0.15) is 71.8 Å². The number of alkyl carbamates (subject to hydrolysis) is 1. The third-order valence-corrected chi connectivity index (χ3v) is 7.93. The smallest absolute Gasteiger partial charge is 0.453 e. The molecule has 1 unspecified atom stereocenters. The van der Waals surface area contributed by atoms with Gasteiger partial charge in [-0.05, 0) is 64.4 Å². The van der Waals surface area contributed by atoms with Crippen LogP contribution in [0.2, 0.25) is 0 Å². The van der Waals surface area contributed by atoms with Crippen LogP contribution in [0.5, 0.6) is 0 Å². The highest BCUT2D eigenvalue weighted by atomic mass is 16.7. The van der Waals surface area contributed by atoms with Crippen LogP contribution >= 0.6 is 0 Å². The first-order chi connectivity index (χ1) is 17.3. The first kappa shape index (κ1) is 27.2. The van der Waals surface area contributed by atoms with Crippen LogP contribution in [0.3, 0.4) is 0 Å². The minimum absolute atomic E-state index is 0.0783. The number of benzene rings is 1. The van der Waals surface area contributed by atoms with E-state index in [4.69, 9.17) is 14.0 Å². The Bertz CT molecular complexity index is 1150. The molecular formula is C27H39BN4O5. The van der Waals surface area contributed by atoms with E-state index in [2.05, 4.69) is 56.0 Å². The summed E-state index contributed by atoms with van der Waals surface area (Å²) in [5.41, 5.74) is 3.16. The fourth-order valence-electron chi connectivity index (χ4n) is 4.92. The molecule has 2 saturated heterocycles. The normalized spacial score (nSPS) is 21.4. The van der Waals surface area contributed by atoms with Crippen LogP contribution < -0.4 is 10.8 Å². The summed E-state index contributed by atoms with van der Waals surface area (Å²) in [5, 5.41) is 2.69. The number of likely N-dealkylation sites (tertiary alicyclic amines) is 1. The zero-order valence-electron chi connectivity index (χ0n) is 23.2. The number of rotatable bonds is 6. The molecule has 2 fully saturated rings. The fourth-order valence-corrected chi connectivity index (χ4v) is 4.92. The number of nitrogens with one attached hydrogen (secondary N) is 2. The molecule has 0 bridgehead atoms. The fraction of sp³-hybridized carbons (Fsp3) is 0.593. The number of aryl methyl sites for hydroxylation is 1. The lowest BCUT2D eigenvalue weighted by atomic mass is 9.75. The zero-order chi connectivity index (χ0) is 27.1. The molecule has 0 aliphatic carbocycles. The molecule has 2 amide bonds. The van der Waals surface area contributed by atoms with Gasteiger partial charge in [-0.1, -0.05) is 37.6 Å². The third kappa shape index (κ3) is 5.27. The second-order valence-corrected chi connectivity index (χ2v) is 11.4. The summed E-state index contributed by atoms with van der Waals surface area (Å²) in [6.45, 7) is 14.7. The number of ether oxygens (including phenoxy) is 1. The van der Waals surface area contributed by atoms with Crippen LogP contribution in [0, 0.1) is 12.8 Å². The third-order valence-electron chi connectivity index (χ3n) is 7.93. The summed E-state index contributed by atoms with van der Waals surface area (Å²) < 4.78 is 17.2. The van der Waals surface area contributed by atoms with Crippen molar-refractivity contribution >= 4 is 24.6 Å². The average molecular weight is 510 g/mol. The standard InChI is InChI=1S/C27H39BN4O5/c1-16(2)22(31-25(34)35-8)24(33)32-13-9-10-21(32)23-29-15-20(30-23)18-11-12-19(17(3)14-18)28-36-26(4,5)27(6,7)37-28/h11-12,14-16,21-22H,9-10,13H2,1-8H3,(H,29,30)(H,31,34)/t21-,22?/m0/s1. The first-order valence-corrected chi connectivity index (χ1v) is 13.0. The van der Waals surface area contributed by atoms with E-state index in [-0.39, 0.29) is 17.9 Å². The van der Waals surface area contributed by atoms with Crippen LogP contribution in [-0.4, -0.2) is 64.9 Å². The number of amides is 2. The molecule has 4 rings (SSSR count). The number of carbonyl (C=O) groups excluding carboxylic acids is 2. The summed E-state index contributed by atoms with van der Waals surface area (Å²) in [6.07, 6.45) is 2.88. The number of methoxy groups -OCH3 is 1. The van der Waals surface area contributed by atoms with Gasteiger partial charge in [-0.2, -0.15) is 0 Å². The Morgan fingerprint density at radius 3 is 2.49 bits per heavy atom. The van der Waals surface area contributed by atoms with Crippen LogP contribution in [0.15, 0.2) is 24.4 Å². The van der Waals surface area contributed by atoms with Gasteiger partial charge in [-0.25, -0.2) is 9.78 Å². The van der Waals surface area contributed by atoms with Crippen molar-refractivity contribution in [3.63, 3.8) is 0 Å². The van der Waals surface area contributed by atoms with Gasteiger partial charge in [0.15, 0.2) is 0 Å². The van der Waals surface area contributed by atoms with E-state index in [1.807, 2.05) is 37.1 Å². The van der Waals surface area contributed by atoms with Gasteiger partial charge in [0.05, 0.1) is 36.2 Å². The molecular weight excluding hydrogens is 471 g/mol. The summed E-state index contributed by atoms with van der Waals surface area (Å²) in [4.78, 5) is 35.1. The predicted octanol–water partition coefficient (Wildman–Crippen LogP) is 3.73. The Labute approximate surface area is 219 Å². The van der Waals surface area contributed by atoms with Crippen molar-refractivity contribution < 1.29 is 23.6 Å². The van der Waals surface area contributed by atoms with Gasteiger partial charge < -0.3 is 29.2 Å². The van der Waals surface area contributed by atoms with Crippen molar-refractivity contribution in [3.8, 4) is 11.3 Å². The number of nitrogens with zero attached hydrogens (tertiary/aromatic N) is 2. The lowest BCUT2D eigenvalue weighted by Crippen LogP contribution is -2.51. The highest BCUT2D eigenvalue weighted by molar-refractivity contribution is 6.62. The topological polar surface area (TPSA) is 106 Å². The van der Waals surface area contributed by atoms with E-state index < -0.39 is 30.5 Å². The number of carbonyl (C=O) groups is 2. The van der Waals surface area contributed by atoms with Gasteiger partial charge in [-0.15, -0.1) is 0 Å². The Balaban J connectivity index is 1.52. The molecule has 0 radical (unpaired) electrons. The second-order valence-electron chi connectivity index (χ2n) is 11.4. The summed E-state index contributed by atoms with van der Waals surface area (Å²) in [7, 11) is 0.881. The Kier molecular flexibility index (Phi) is 7.45. The Morgan fingerprint density at radius 1 is 1.22 bits per heavy atom. The van der Waals surface area contributed by atoms with E-state index in [1.54, 1.807) is 0 Å². The van der Waals surface area contributed by atoms with Crippen LogP contribution in [-0.2, 0) is 18.8 Å². The molecule has 1 aromatic carbocycles. The number of aromatic nitrogens is 2. The van der Waals surface area contributed by atoms with Gasteiger partial charge in [0.2, 0.25) is 5.91 Å². The molecule has 10 heteroatoms. The van der Waals surface area contributed by atoms with Gasteiger partial charge in [-0.3, -0.25) is 4.79 Å². The molecule has 200 valence electrons. The minimum Gasteiger partial charge on any atom is -0.453 e. The molecule has 2 aliphatic heterocycles. The van der Waals surface area contributed by atoms with Crippen molar-refractivity contribution in [2.24, 2.45) is 5.92 Å². The van der Waals surface area contributed by atoms with Crippen molar-refractivity contribution in [1.29, 1.82) is 0 Å². The maximum Gasteiger partial charge on any atom is 0.495 e. The molecule has 0 spiro atoms. The zero-order valence-corrected chi connectivity index (χ0v) is 23.2. The number of H-pyrrole nitrogens is 1. The van der Waals surface area contributed by atoms with E-state index >= 15 is 0 Å². The highest BCUT2D eigenvalue weighted by Crippen LogP contribution is 2.37. The van der Waals surface area contributed by atoms with Crippen LogP contribution in [0.25, 0.3) is 11.3 Å². The van der Waals surface area contributed by atoms with Crippen molar-refractivity contribution in [2.75, 3.05) is 13.7 Å². The number of aromatic amines is 1. The average Bonchev–Trinajstić information content (AvgIpc) is 3.54. The maximum absolute atomic E-state index is 13.4. The predicted molar refractivity (Wildman–Crippen MR) is 142 cm³/mol. The number of hydrogen-bond acceptors (Lipinski definition) is 6. The molecule has 37 heavy (non-hydrogen) atoms.